The predicted octanol–water partition coefficient (Wildman–Crippen LogP) is 2.77. The number of fused-ring (bicyclic) bond motifs is 1. The lowest BCUT2D eigenvalue weighted by atomic mass is 10.3. The van der Waals surface area contributed by atoms with Gasteiger partial charge in [-0.2, -0.15) is 4.98 Å². The van der Waals surface area contributed by atoms with Crippen LogP contribution in [0.1, 0.15) is 11.5 Å². The number of nitro groups is 1. The van der Waals surface area contributed by atoms with Crippen LogP contribution in [0.4, 0.5) is 5.82 Å². The maximum atomic E-state index is 11.3. The van der Waals surface area contributed by atoms with E-state index >= 15 is 0 Å². The van der Waals surface area contributed by atoms with E-state index in [1.165, 1.54) is 9.93 Å². The van der Waals surface area contributed by atoms with Crippen LogP contribution in [0.15, 0.2) is 28.7 Å². The van der Waals surface area contributed by atoms with Crippen molar-refractivity contribution in [3.05, 3.63) is 45.9 Å². The van der Waals surface area contributed by atoms with Crippen molar-refractivity contribution in [3.8, 4) is 6.01 Å². The zero-order valence-electron chi connectivity index (χ0n) is 11.0. The molecule has 0 atom stereocenters. The summed E-state index contributed by atoms with van der Waals surface area (Å²) in [7, 11) is 0. The van der Waals surface area contributed by atoms with Gasteiger partial charge in [-0.1, -0.05) is 24.4 Å². The summed E-state index contributed by atoms with van der Waals surface area (Å²) in [5.41, 5.74) is 1.49. The molecule has 21 heavy (non-hydrogen) atoms. The number of nitrogens with zero attached hydrogens (tertiary/aromatic N) is 4. The van der Waals surface area contributed by atoms with E-state index in [9.17, 15) is 10.1 Å². The van der Waals surface area contributed by atoms with Gasteiger partial charge in [-0.15, -0.1) is 4.57 Å². The molecule has 0 amide bonds. The predicted molar refractivity (Wildman–Crippen MR) is 79.9 cm³/mol. The normalized spacial score (nSPS) is 10.9. The summed E-state index contributed by atoms with van der Waals surface area (Å²) in [6.45, 7) is 1.66. The number of hydrogen-bond donors (Lipinski definition) is 0. The molecule has 3 aromatic rings. The first-order chi connectivity index (χ1) is 10.1. The fraction of sp³-hybridized carbons (Fsp3) is 0.154. The first-order valence-corrected chi connectivity index (χ1v) is 6.61. The van der Waals surface area contributed by atoms with E-state index in [1.807, 2.05) is 12.1 Å². The first kappa shape index (κ1) is 13.4. The number of oxazole rings is 1. The number of rotatable bonds is 4. The van der Waals surface area contributed by atoms with Crippen molar-refractivity contribution >= 4 is 34.5 Å². The zero-order chi connectivity index (χ0) is 15.0. The summed E-state index contributed by atoms with van der Waals surface area (Å²) in [4.78, 5) is 19.3. The summed E-state index contributed by atoms with van der Waals surface area (Å²) in [5.74, 6) is 0.264. The summed E-state index contributed by atoms with van der Waals surface area (Å²) in [6, 6.07) is 7.29. The maximum Gasteiger partial charge on any atom is 0.403 e. The van der Waals surface area contributed by atoms with Crippen molar-refractivity contribution in [2.75, 3.05) is 0 Å². The van der Waals surface area contributed by atoms with Crippen LogP contribution in [-0.4, -0.2) is 24.8 Å². The molecule has 106 valence electrons. The molecule has 0 saturated heterocycles. The number of hydrogen-bond acceptors (Lipinski definition) is 6. The highest BCUT2D eigenvalue weighted by Gasteiger charge is 2.29. The zero-order valence-corrected chi connectivity index (χ0v) is 11.8. The molecular formula is C13H10N4O3S. The van der Waals surface area contributed by atoms with Crippen LogP contribution in [-0.2, 0) is 6.42 Å². The smallest absolute Gasteiger partial charge is 0.403 e. The quantitative estimate of drug-likeness (QED) is 0.418. The van der Waals surface area contributed by atoms with Gasteiger partial charge in [0.05, 0.1) is 0 Å². The van der Waals surface area contributed by atoms with Crippen LogP contribution < -0.4 is 0 Å². The third kappa shape index (κ3) is 2.19. The molecule has 0 N–H and O–H groups in total. The van der Waals surface area contributed by atoms with Gasteiger partial charge in [-0.25, -0.2) is 4.98 Å². The molecule has 8 heteroatoms. The number of thiocarbonyl (C=S) groups is 1. The van der Waals surface area contributed by atoms with E-state index in [-0.39, 0.29) is 18.3 Å². The lowest BCUT2D eigenvalue weighted by Gasteiger charge is -1.98. The van der Waals surface area contributed by atoms with Crippen molar-refractivity contribution in [3.63, 3.8) is 0 Å². The van der Waals surface area contributed by atoms with Crippen LogP contribution in [0.25, 0.3) is 17.1 Å². The first-order valence-electron chi connectivity index (χ1n) is 6.14. The molecule has 0 bridgehead atoms. The molecule has 0 fully saturated rings. The second-order valence-corrected chi connectivity index (χ2v) is 4.69. The van der Waals surface area contributed by atoms with Gasteiger partial charge in [0, 0.05) is 13.3 Å². The summed E-state index contributed by atoms with van der Waals surface area (Å²) >= 11 is 4.77. The minimum Gasteiger partial charge on any atom is -0.405 e. The number of imidazole rings is 1. The Morgan fingerprint density at radius 3 is 2.86 bits per heavy atom. The minimum absolute atomic E-state index is 0.128. The second-order valence-electron chi connectivity index (χ2n) is 4.36. The van der Waals surface area contributed by atoms with E-state index in [0.29, 0.717) is 22.6 Å². The van der Waals surface area contributed by atoms with Gasteiger partial charge in [0.25, 0.3) is 0 Å². The van der Waals surface area contributed by atoms with E-state index in [2.05, 4.69) is 9.97 Å². The monoisotopic (exact) mass is 302 g/mol. The van der Waals surface area contributed by atoms with Gasteiger partial charge in [0.15, 0.2) is 5.58 Å². The standard InChI is InChI=1S/C13H10N4O3S/c1-8-14-10(6-7-21)12(17(18)19)16(8)13-15-9-4-2-3-5-11(9)20-13/h2-5,7H,6H2,1H3. The third-order valence-corrected chi connectivity index (χ3v) is 3.18. The lowest BCUT2D eigenvalue weighted by Crippen LogP contribution is -2.04. The van der Waals surface area contributed by atoms with E-state index in [4.69, 9.17) is 16.6 Å². The Hall–Kier alpha value is -2.61. The minimum atomic E-state index is -0.497. The molecule has 0 saturated carbocycles. The lowest BCUT2D eigenvalue weighted by molar-refractivity contribution is -0.391. The average Bonchev–Trinajstić information content (AvgIpc) is 2.99. The SMILES string of the molecule is Cc1nc(CC=S)c([N+](=O)[O-])n1-c1nc2ccccc2o1. The Kier molecular flexibility index (Phi) is 3.22. The molecular weight excluding hydrogens is 292 g/mol. The molecule has 2 heterocycles. The largest absolute Gasteiger partial charge is 0.405 e. The Balaban J connectivity index is 2.25. The number of aromatic nitrogens is 3. The second kappa shape index (κ2) is 5.06. The van der Waals surface area contributed by atoms with Gasteiger partial charge < -0.3 is 14.5 Å². The number of benzene rings is 1. The fourth-order valence-corrected chi connectivity index (χ4v) is 2.32. The van der Waals surface area contributed by atoms with Crippen LogP contribution in [0.5, 0.6) is 0 Å². The molecule has 7 nitrogen and oxygen atoms in total. The Morgan fingerprint density at radius 2 is 2.19 bits per heavy atom. The van der Waals surface area contributed by atoms with Crippen molar-refractivity contribution in [1.82, 2.24) is 14.5 Å². The molecule has 0 unspecified atom stereocenters. The van der Waals surface area contributed by atoms with Gasteiger partial charge in [0.1, 0.15) is 11.2 Å². The summed E-state index contributed by atoms with van der Waals surface area (Å²) < 4.78 is 6.89. The van der Waals surface area contributed by atoms with Crippen LogP contribution >= 0.6 is 12.2 Å². The van der Waals surface area contributed by atoms with Crippen molar-refractivity contribution < 1.29 is 9.34 Å². The number of para-hydroxylation sites is 2. The molecule has 3 rings (SSSR count). The molecule has 0 radical (unpaired) electrons. The molecule has 0 spiro atoms. The Bertz CT molecular complexity index is 819. The average molecular weight is 302 g/mol. The highest BCUT2D eigenvalue weighted by molar-refractivity contribution is 7.78. The van der Waals surface area contributed by atoms with E-state index in [0.717, 1.165) is 0 Å². The summed E-state index contributed by atoms with van der Waals surface area (Å²) in [5, 5.41) is 12.8. The molecule has 1 aromatic carbocycles. The van der Waals surface area contributed by atoms with Crippen LogP contribution in [0.2, 0.25) is 0 Å². The van der Waals surface area contributed by atoms with Gasteiger partial charge >= 0.3 is 11.8 Å². The van der Waals surface area contributed by atoms with Crippen LogP contribution in [0.3, 0.4) is 0 Å². The topological polar surface area (TPSA) is 87.0 Å². The number of aryl methyl sites for hydroxylation is 1. The van der Waals surface area contributed by atoms with Gasteiger partial charge in [0.2, 0.25) is 5.82 Å². The van der Waals surface area contributed by atoms with Crippen molar-refractivity contribution in [2.45, 2.75) is 13.3 Å². The molecule has 0 aliphatic carbocycles. The summed E-state index contributed by atoms with van der Waals surface area (Å²) in [6.07, 6.45) is 0.236. The van der Waals surface area contributed by atoms with Crippen LogP contribution in [0, 0.1) is 17.0 Å². The van der Waals surface area contributed by atoms with E-state index < -0.39 is 4.92 Å². The fourth-order valence-electron chi connectivity index (χ4n) is 2.17. The maximum absolute atomic E-state index is 11.3. The highest BCUT2D eigenvalue weighted by atomic mass is 32.1. The van der Waals surface area contributed by atoms with Gasteiger partial charge in [-0.3, -0.25) is 0 Å². The van der Waals surface area contributed by atoms with Gasteiger partial charge in [-0.05, 0) is 22.4 Å². The molecule has 2 aromatic heterocycles. The highest BCUT2D eigenvalue weighted by Crippen LogP contribution is 2.27. The van der Waals surface area contributed by atoms with Crippen molar-refractivity contribution in [1.29, 1.82) is 0 Å². The molecule has 0 aliphatic heterocycles. The Morgan fingerprint density at radius 1 is 1.43 bits per heavy atom. The molecule has 0 aliphatic rings. The van der Waals surface area contributed by atoms with Crippen molar-refractivity contribution in [2.24, 2.45) is 0 Å². The van der Waals surface area contributed by atoms with E-state index in [1.54, 1.807) is 19.1 Å². The Labute approximate surface area is 124 Å². The third-order valence-electron chi connectivity index (χ3n) is 3.01.